The second-order valence-electron chi connectivity index (χ2n) is 4.06. The summed E-state index contributed by atoms with van der Waals surface area (Å²) < 4.78 is 42.5. The maximum absolute atomic E-state index is 12.6. The van der Waals surface area contributed by atoms with Gasteiger partial charge in [0.15, 0.2) is 0 Å². The number of nitrogens with one attached hydrogen (secondary N) is 1. The molecule has 7 nitrogen and oxygen atoms in total. The van der Waals surface area contributed by atoms with Gasteiger partial charge in [-0.15, -0.1) is 0 Å². The van der Waals surface area contributed by atoms with Gasteiger partial charge in [-0.2, -0.15) is 13.2 Å². The molecule has 0 radical (unpaired) electrons. The Morgan fingerprint density at radius 2 is 2.00 bits per heavy atom. The van der Waals surface area contributed by atoms with Gasteiger partial charge in [0.1, 0.15) is 0 Å². The second-order valence-corrected chi connectivity index (χ2v) is 4.06. The Morgan fingerprint density at radius 3 is 2.50 bits per heavy atom. The van der Waals surface area contributed by atoms with Crippen LogP contribution in [0.25, 0.3) is 0 Å². The zero-order chi connectivity index (χ0) is 16.3. The highest BCUT2D eigenvalue weighted by atomic mass is 19.4. The van der Waals surface area contributed by atoms with Crippen molar-refractivity contribution < 1.29 is 22.8 Å². The van der Waals surface area contributed by atoms with E-state index in [0.717, 1.165) is 0 Å². The minimum absolute atomic E-state index is 0.315. The number of nitrogens with zero attached hydrogens (tertiary/aromatic N) is 3. The number of aromatic nitrogens is 2. The SMILES string of the molecule is COc1ccc(Nc2ncc(C(F)(F)F)cc2[N+](=O)[O-])cn1. The summed E-state index contributed by atoms with van der Waals surface area (Å²) in [5.41, 5.74) is -1.67. The number of pyridine rings is 2. The first-order valence-corrected chi connectivity index (χ1v) is 5.80. The van der Waals surface area contributed by atoms with Crippen molar-refractivity contribution >= 4 is 17.2 Å². The fourth-order valence-corrected chi connectivity index (χ4v) is 1.56. The highest BCUT2D eigenvalue weighted by Gasteiger charge is 2.33. The van der Waals surface area contributed by atoms with E-state index >= 15 is 0 Å². The first kappa shape index (κ1) is 15.5. The number of hydrogen-bond donors (Lipinski definition) is 1. The van der Waals surface area contributed by atoms with Crippen molar-refractivity contribution in [2.45, 2.75) is 6.18 Å². The lowest BCUT2D eigenvalue weighted by molar-refractivity contribution is -0.384. The lowest BCUT2D eigenvalue weighted by Crippen LogP contribution is -2.08. The van der Waals surface area contributed by atoms with Crippen molar-refractivity contribution in [2.75, 3.05) is 12.4 Å². The van der Waals surface area contributed by atoms with Crippen molar-refractivity contribution in [1.82, 2.24) is 9.97 Å². The van der Waals surface area contributed by atoms with E-state index < -0.39 is 22.4 Å². The highest BCUT2D eigenvalue weighted by molar-refractivity contribution is 5.65. The molecule has 0 aromatic carbocycles. The highest BCUT2D eigenvalue weighted by Crippen LogP contribution is 2.34. The molecule has 2 aromatic rings. The number of hydrogen-bond acceptors (Lipinski definition) is 6. The van der Waals surface area contributed by atoms with E-state index in [1.165, 1.54) is 25.4 Å². The van der Waals surface area contributed by atoms with Gasteiger partial charge in [-0.3, -0.25) is 10.1 Å². The largest absolute Gasteiger partial charge is 0.481 e. The van der Waals surface area contributed by atoms with Crippen LogP contribution in [0, 0.1) is 10.1 Å². The lowest BCUT2D eigenvalue weighted by Gasteiger charge is -2.09. The minimum atomic E-state index is -4.71. The summed E-state index contributed by atoms with van der Waals surface area (Å²) in [5.74, 6) is 0.00500. The van der Waals surface area contributed by atoms with Gasteiger partial charge in [-0.1, -0.05) is 0 Å². The lowest BCUT2D eigenvalue weighted by atomic mass is 10.2. The fraction of sp³-hybridized carbons (Fsp3) is 0.167. The van der Waals surface area contributed by atoms with Crippen LogP contribution in [0.15, 0.2) is 30.6 Å². The summed E-state index contributed by atoms with van der Waals surface area (Å²) in [6.07, 6.45) is -2.88. The number of rotatable bonds is 4. The number of methoxy groups -OCH3 is 1. The van der Waals surface area contributed by atoms with Crippen molar-refractivity contribution in [3.8, 4) is 5.88 Å². The van der Waals surface area contributed by atoms with E-state index in [9.17, 15) is 23.3 Å². The molecular formula is C12H9F3N4O3. The van der Waals surface area contributed by atoms with Crippen LogP contribution in [0.5, 0.6) is 5.88 Å². The summed E-state index contributed by atoms with van der Waals surface area (Å²) in [6.45, 7) is 0. The zero-order valence-electron chi connectivity index (χ0n) is 11.1. The van der Waals surface area contributed by atoms with Gasteiger partial charge in [0.05, 0.1) is 29.5 Å². The number of alkyl halides is 3. The molecule has 0 bridgehead atoms. The summed E-state index contributed by atoms with van der Waals surface area (Å²) in [7, 11) is 1.41. The molecule has 0 aliphatic rings. The van der Waals surface area contributed by atoms with E-state index in [2.05, 4.69) is 15.3 Å². The van der Waals surface area contributed by atoms with Crippen LogP contribution in [-0.4, -0.2) is 22.0 Å². The molecule has 2 aromatic heterocycles. The molecule has 10 heteroatoms. The smallest absolute Gasteiger partial charge is 0.418 e. The van der Waals surface area contributed by atoms with Crippen LogP contribution < -0.4 is 10.1 Å². The molecule has 2 heterocycles. The van der Waals surface area contributed by atoms with Crippen molar-refractivity contribution in [3.05, 3.63) is 46.3 Å². The molecule has 0 amide bonds. The quantitative estimate of drug-likeness (QED) is 0.688. The van der Waals surface area contributed by atoms with E-state index in [0.29, 0.717) is 23.8 Å². The Morgan fingerprint density at radius 1 is 1.27 bits per heavy atom. The number of nitro groups is 1. The second kappa shape index (κ2) is 5.84. The summed E-state index contributed by atoms with van der Waals surface area (Å²) in [4.78, 5) is 17.3. The van der Waals surface area contributed by atoms with Crippen LogP contribution in [-0.2, 0) is 6.18 Å². The monoisotopic (exact) mass is 314 g/mol. The Kier molecular flexibility index (Phi) is 4.11. The fourth-order valence-electron chi connectivity index (χ4n) is 1.56. The third-order valence-corrected chi connectivity index (χ3v) is 2.60. The molecule has 0 fully saturated rings. The van der Waals surface area contributed by atoms with Gasteiger partial charge in [0, 0.05) is 18.3 Å². The average Bonchev–Trinajstić information content (AvgIpc) is 2.47. The standard InChI is InChI=1S/C12H9F3N4O3/c1-22-10-3-2-8(6-16-10)18-11-9(19(20)21)4-7(5-17-11)12(13,14)15/h2-6H,1H3,(H,17,18). The van der Waals surface area contributed by atoms with Crippen molar-refractivity contribution in [1.29, 1.82) is 0 Å². The Balaban J connectivity index is 2.35. The number of ether oxygens (including phenoxy) is 1. The van der Waals surface area contributed by atoms with Gasteiger partial charge in [-0.25, -0.2) is 9.97 Å². The van der Waals surface area contributed by atoms with Gasteiger partial charge >= 0.3 is 11.9 Å². The average molecular weight is 314 g/mol. The Bertz CT molecular complexity index is 689. The first-order valence-electron chi connectivity index (χ1n) is 5.80. The first-order chi connectivity index (χ1) is 10.3. The van der Waals surface area contributed by atoms with Gasteiger partial charge in [0.2, 0.25) is 11.7 Å². The van der Waals surface area contributed by atoms with Crippen LogP contribution >= 0.6 is 0 Å². The maximum atomic E-state index is 12.6. The summed E-state index contributed by atoms with van der Waals surface area (Å²) in [6, 6.07) is 3.40. The van der Waals surface area contributed by atoms with E-state index in [-0.39, 0.29) is 5.82 Å². The van der Waals surface area contributed by atoms with E-state index in [1.54, 1.807) is 0 Å². The minimum Gasteiger partial charge on any atom is -0.481 e. The number of halogens is 3. The van der Waals surface area contributed by atoms with Gasteiger partial charge in [-0.05, 0) is 6.07 Å². The molecule has 0 aliphatic heterocycles. The molecule has 0 unspecified atom stereocenters. The molecule has 0 saturated heterocycles. The Hall–Kier alpha value is -2.91. The molecule has 116 valence electrons. The molecule has 0 spiro atoms. The van der Waals surface area contributed by atoms with Gasteiger partial charge in [0.25, 0.3) is 0 Å². The van der Waals surface area contributed by atoms with Gasteiger partial charge < -0.3 is 10.1 Å². The molecular weight excluding hydrogens is 305 g/mol. The van der Waals surface area contributed by atoms with E-state index in [4.69, 9.17) is 4.74 Å². The maximum Gasteiger partial charge on any atom is 0.418 e. The predicted molar refractivity (Wildman–Crippen MR) is 70.0 cm³/mol. The molecule has 0 atom stereocenters. The molecule has 22 heavy (non-hydrogen) atoms. The van der Waals surface area contributed by atoms with E-state index in [1.807, 2.05) is 0 Å². The summed E-state index contributed by atoms with van der Waals surface area (Å²) in [5, 5.41) is 13.5. The molecule has 0 saturated carbocycles. The molecule has 1 N–H and O–H groups in total. The normalized spacial score (nSPS) is 11.1. The van der Waals surface area contributed by atoms with Crippen LogP contribution in [0.3, 0.4) is 0 Å². The third-order valence-electron chi connectivity index (χ3n) is 2.60. The molecule has 0 aliphatic carbocycles. The Labute approximate surface area is 121 Å². The number of anilines is 2. The predicted octanol–water partition coefficient (Wildman–Crippen LogP) is 3.16. The zero-order valence-corrected chi connectivity index (χ0v) is 11.1. The topological polar surface area (TPSA) is 90.2 Å². The van der Waals surface area contributed by atoms with Crippen LogP contribution in [0.1, 0.15) is 5.56 Å². The third kappa shape index (κ3) is 3.40. The van der Waals surface area contributed by atoms with Crippen LogP contribution in [0.4, 0.5) is 30.4 Å². The molecule has 2 rings (SSSR count). The van der Waals surface area contributed by atoms with Crippen molar-refractivity contribution in [3.63, 3.8) is 0 Å². The van der Waals surface area contributed by atoms with Crippen molar-refractivity contribution in [2.24, 2.45) is 0 Å². The summed E-state index contributed by atoms with van der Waals surface area (Å²) >= 11 is 0. The van der Waals surface area contributed by atoms with Crippen LogP contribution in [0.2, 0.25) is 0 Å².